The van der Waals surface area contributed by atoms with Gasteiger partial charge in [-0.3, -0.25) is 0 Å². The van der Waals surface area contributed by atoms with Gasteiger partial charge in [-0.1, -0.05) is 37.3 Å². The van der Waals surface area contributed by atoms with Gasteiger partial charge in [-0.05, 0) is 49.6 Å². The summed E-state index contributed by atoms with van der Waals surface area (Å²) >= 11 is 1.70. The number of benzene rings is 2. The molecule has 0 saturated carbocycles. The lowest BCUT2D eigenvalue weighted by Gasteiger charge is -2.12. The molecule has 142 valence electrons. The van der Waals surface area contributed by atoms with Gasteiger partial charge in [0.15, 0.2) is 0 Å². The molecule has 28 heavy (non-hydrogen) atoms. The summed E-state index contributed by atoms with van der Waals surface area (Å²) in [6.45, 7) is 6.96. The Morgan fingerprint density at radius 2 is 1.79 bits per heavy atom. The predicted octanol–water partition coefficient (Wildman–Crippen LogP) is 6.37. The number of para-hydroxylation sites is 1. The molecular formula is C23H23N3OS. The van der Waals surface area contributed by atoms with E-state index in [1.807, 2.05) is 25.1 Å². The van der Waals surface area contributed by atoms with Crippen molar-refractivity contribution in [3.63, 3.8) is 0 Å². The third-order valence-electron chi connectivity index (χ3n) is 4.77. The Labute approximate surface area is 169 Å². The standard InChI is InChI=1S/C23H23N3OS/c1-4-16-8-6-7-9-19(16)26-22-21-20(15(3)28-23(21)25-14-24-22)17-10-12-18(13-11-17)27-5-2/h6-14H,4-5H2,1-3H3,(H,24,25,26). The molecule has 4 aromatic rings. The van der Waals surface area contributed by atoms with Gasteiger partial charge in [-0.25, -0.2) is 9.97 Å². The molecule has 0 radical (unpaired) electrons. The van der Waals surface area contributed by atoms with E-state index in [1.165, 1.54) is 16.0 Å². The average Bonchev–Trinajstić information content (AvgIpc) is 3.06. The molecule has 5 heteroatoms. The smallest absolute Gasteiger partial charge is 0.143 e. The molecule has 2 aromatic heterocycles. The fourth-order valence-electron chi connectivity index (χ4n) is 3.45. The van der Waals surface area contributed by atoms with Gasteiger partial charge in [0.25, 0.3) is 0 Å². The number of aryl methyl sites for hydroxylation is 2. The first-order valence-electron chi connectivity index (χ1n) is 9.53. The van der Waals surface area contributed by atoms with E-state index in [0.717, 1.165) is 39.5 Å². The molecule has 0 aliphatic heterocycles. The highest BCUT2D eigenvalue weighted by atomic mass is 32.1. The van der Waals surface area contributed by atoms with Crippen LogP contribution in [0.5, 0.6) is 5.75 Å². The molecule has 2 aromatic carbocycles. The van der Waals surface area contributed by atoms with Gasteiger partial charge >= 0.3 is 0 Å². The second kappa shape index (κ2) is 7.98. The van der Waals surface area contributed by atoms with Crippen LogP contribution in [0.2, 0.25) is 0 Å². The minimum absolute atomic E-state index is 0.665. The van der Waals surface area contributed by atoms with Gasteiger partial charge in [0, 0.05) is 16.1 Å². The number of nitrogens with zero attached hydrogens (tertiary/aromatic N) is 2. The number of anilines is 2. The second-order valence-electron chi connectivity index (χ2n) is 6.53. The molecular weight excluding hydrogens is 366 g/mol. The quantitative estimate of drug-likeness (QED) is 0.416. The number of rotatable bonds is 6. The Morgan fingerprint density at radius 1 is 1.00 bits per heavy atom. The van der Waals surface area contributed by atoms with E-state index in [9.17, 15) is 0 Å². The van der Waals surface area contributed by atoms with Crippen molar-refractivity contribution in [2.75, 3.05) is 11.9 Å². The molecule has 0 aliphatic rings. The van der Waals surface area contributed by atoms with Crippen LogP contribution < -0.4 is 10.1 Å². The fraction of sp³-hybridized carbons (Fsp3) is 0.217. The van der Waals surface area contributed by atoms with Crippen LogP contribution in [-0.2, 0) is 6.42 Å². The minimum Gasteiger partial charge on any atom is -0.494 e. The number of ether oxygens (including phenoxy) is 1. The van der Waals surface area contributed by atoms with Crippen molar-refractivity contribution >= 4 is 33.1 Å². The van der Waals surface area contributed by atoms with Crippen LogP contribution in [0.1, 0.15) is 24.3 Å². The van der Waals surface area contributed by atoms with Gasteiger partial charge in [0.2, 0.25) is 0 Å². The van der Waals surface area contributed by atoms with E-state index in [2.05, 4.69) is 59.5 Å². The maximum absolute atomic E-state index is 5.59. The monoisotopic (exact) mass is 389 g/mol. The first-order valence-corrected chi connectivity index (χ1v) is 10.3. The number of hydrogen-bond acceptors (Lipinski definition) is 5. The lowest BCUT2D eigenvalue weighted by Crippen LogP contribution is -1.98. The van der Waals surface area contributed by atoms with Crippen molar-refractivity contribution in [3.05, 3.63) is 65.3 Å². The summed E-state index contributed by atoms with van der Waals surface area (Å²) in [5, 5.41) is 4.62. The number of aromatic nitrogens is 2. The minimum atomic E-state index is 0.665. The lowest BCUT2D eigenvalue weighted by molar-refractivity contribution is 0.340. The van der Waals surface area contributed by atoms with Crippen LogP contribution in [-0.4, -0.2) is 16.6 Å². The SMILES string of the molecule is CCOc1ccc(-c2c(C)sc3ncnc(Nc4ccccc4CC)c23)cc1. The largest absolute Gasteiger partial charge is 0.494 e. The molecule has 0 amide bonds. The number of fused-ring (bicyclic) bond motifs is 1. The number of thiophene rings is 1. The topological polar surface area (TPSA) is 47.0 Å². The van der Waals surface area contributed by atoms with Crippen LogP contribution >= 0.6 is 11.3 Å². The molecule has 2 heterocycles. The number of nitrogens with one attached hydrogen (secondary N) is 1. The maximum atomic E-state index is 5.59. The van der Waals surface area contributed by atoms with Crippen LogP contribution in [0.15, 0.2) is 54.9 Å². The summed E-state index contributed by atoms with van der Waals surface area (Å²) in [7, 11) is 0. The van der Waals surface area contributed by atoms with Gasteiger partial charge in [0.05, 0.1) is 12.0 Å². The van der Waals surface area contributed by atoms with Crippen molar-refractivity contribution in [1.82, 2.24) is 9.97 Å². The second-order valence-corrected chi connectivity index (χ2v) is 7.73. The van der Waals surface area contributed by atoms with Gasteiger partial charge in [0.1, 0.15) is 22.7 Å². The zero-order valence-electron chi connectivity index (χ0n) is 16.3. The van der Waals surface area contributed by atoms with E-state index in [-0.39, 0.29) is 0 Å². The van der Waals surface area contributed by atoms with E-state index in [1.54, 1.807) is 17.7 Å². The Hall–Kier alpha value is -2.92. The molecule has 4 rings (SSSR count). The molecule has 0 atom stereocenters. The van der Waals surface area contributed by atoms with Crippen LogP contribution in [0, 0.1) is 6.92 Å². The van der Waals surface area contributed by atoms with Crippen molar-refractivity contribution in [2.24, 2.45) is 0 Å². The highest BCUT2D eigenvalue weighted by molar-refractivity contribution is 7.19. The third-order valence-corrected chi connectivity index (χ3v) is 5.78. The molecule has 0 spiro atoms. The summed E-state index contributed by atoms with van der Waals surface area (Å²) in [5.41, 5.74) is 4.68. The van der Waals surface area contributed by atoms with Crippen LogP contribution in [0.4, 0.5) is 11.5 Å². The van der Waals surface area contributed by atoms with E-state index in [0.29, 0.717) is 6.61 Å². The summed E-state index contributed by atoms with van der Waals surface area (Å²) in [6, 6.07) is 16.6. The zero-order valence-corrected chi connectivity index (χ0v) is 17.1. The molecule has 0 fully saturated rings. The van der Waals surface area contributed by atoms with E-state index in [4.69, 9.17) is 4.74 Å². The Kier molecular flexibility index (Phi) is 5.26. The van der Waals surface area contributed by atoms with Crippen molar-refractivity contribution in [2.45, 2.75) is 27.2 Å². The van der Waals surface area contributed by atoms with Gasteiger partial charge < -0.3 is 10.1 Å². The Balaban J connectivity index is 1.83. The molecule has 0 saturated heterocycles. The molecule has 0 bridgehead atoms. The Bertz CT molecular complexity index is 1100. The first kappa shape index (κ1) is 18.4. The zero-order chi connectivity index (χ0) is 19.5. The summed E-state index contributed by atoms with van der Waals surface area (Å²) < 4.78 is 5.59. The van der Waals surface area contributed by atoms with Gasteiger partial charge in [-0.15, -0.1) is 11.3 Å². The normalized spacial score (nSPS) is 11.0. The maximum Gasteiger partial charge on any atom is 0.143 e. The fourth-order valence-corrected chi connectivity index (χ4v) is 4.46. The molecule has 4 nitrogen and oxygen atoms in total. The first-order chi connectivity index (χ1) is 13.7. The lowest BCUT2D eigenvalue weighted by atomic mass is 10.0. The van der Waals surface area contributed by atoms with Crippen molar-refractivity contribution < 1.29 is 4.74 Å². The Morgan fingerprint density at radius 3 is 2.54 bits per heavy atom. The predicted molar refractivity (Wildman–Crippen MR) is 118 cm³/mol. The highest BCUT2D eigenvalue weighted by Gasteiger charge is 2.17. The van der Waals surface area contributed by atoms with E-state index >= 15 is 0 Å². The molecule has 0 unspecified atom stereocenters. The van der Waals surface area contributed by atoms with Gasteiger partial charge in [-0.2, -0.15) is 0 Å². The molecule has 1 N–H and O–H groups in total. The summed E-state index contributed by atoms with van der Waals surface area (Å²) in [4.78, 5) is 11.3. The average molecular weight is 390 g/mol. The van der Waals surface area contributed by atoms with E-state index < -0.39 is 0 Å². The summed E-state index contributed by atoms with van der Waals surface area (Å²) in [6.07, 6.45) is 2.60. The number of hydrogen-bond donors (Lipinski definition) is 1. The van der Waals surface area contributed by atoms with Crippen LogP contribution in [0.3, 0.4) is 0 Å². The third kappa shape index (κ3) is 3.45. The van der Waals surface area contributed by atoms with Crippen LogP contribution in [0.25, 0.3) is 21.3 Å². The van der Waals surface area contributed by atoms with Crippen molar-refractivity contribution in [3.8, 4) is 16.9 Å². The summed E-state index contributed by atoms with van der Waals surface area (Å²) in [5.74, 6) is 1.73. The van der Waals surface area contributed by atoms with Crippen molar-refractivity contribution in [1.29, 1.82) is 0 Å². The highest BCUT2D eigenvalue weighted by Crippen LogP contribution is 2.41. The molecule has 0 aliphatic carbocycles.